The van der Waals surface area contributed by atoms with Crippen molar-refractivity contribution in [2.75, 3.05) is 6.54 Å². The van der Waals surface area contributed by atoms with Crippen molar-refractivity contribution in [3.63, 3.8) is 0 Å². The molecule has 96 valence electrons. The van der Waals surface area contributed by atoms with Crippen molar-refractivity contribution < 1.29 is 0 Å². The molecule has 0 saturated carbocycles. The summed E-state index contributed by atoms with van der Waals surface area (Å²) in [6, 6.07) is 8.72. The van der Waals surface area contributed by atoms with Gasteiger partial charge >= 0.3 is 0 Å². The molecule has 0 atom stereocenters. The van der Waals surface area contributed by atoms with Crippen molar-refractivity contribution in [3.8, 4) is 11.3 Å². The Balaban J connectivity index is 2.32. The van der Waals surface area contributed by atoms with Gasteiger partial charge in [0.1, 0.15) is 0 Å². The number of rotatable bonds is 3. The van der Waals surface area contributed by atoms with Gasteiger partial charge in [-0.25, -0.2) is 4.98 Å². The fourth-order valence-electron chi connectivity index (χ4n) is 1.94. The highest BCUT2D eigenvalue weighted by atomic mass is 32.1. The minimum Gasteiger partial charge on any atom is -0.330 e. The first kappa shape index (κ1) is 13.2. The quantitative estimate of drug-likeness (QED) is 0.915. The Hall–Kier alpha value is -1.19. The summed E-state index contributed by atoms with van der Waals surface area (Å²) in [5.74, 6) is 0. The largest absolute Gasteiger partial charge is 0.330 e. The first-order valence-electron chi connectivity index (χ1n) is 6.25. The van der Waals surface area contributed by atoms with Crippen molar-refractivity contribution >= 4 is 11.3 Å². The maximum Gasteiger partial charge on any atom is 0.0843 e. The molecule has 0 unspecified atom stereocenters. The SMILES string of the molecule is CC(C)(C)c1ccc(-c2ncsc2CCN)cc1. The predicted octanol–water partition coefficient (Wildman–Crippen LogP) is 3.61. The Kier molecular flexibility index (Phi) is 3.83. The van der Waals surface area contributed by atoms with E-state index in [9.17, 15) is 0 Å². The van der Waals surface area contributed by atoms with E-state index in [1.165, 1.54) is 16.0 Å². The smallest absolute Gasteiger partial charge is 0.0843 e. The summed E-state index contributed by atoms with van der Waals surface area (Å²) in [5.41, 5.74) is 11.3. The summed E-state index contributed by atoms with van der Waals surface area (Å²) in [4.78, 5) is 5.74. The van der Waals surface area contributed by atoms with Crippen molar-refractivity contribution in [2.24, 2.45) is 5.73 Å². The van der Waals surface area contributed by atoms with Crippen LogP contribution in [0.3, 0.4) is 0 Å². The number of hydrogen-bond donors (Lipinski definition) is 1. The standard InChI is InChI=1S/C15H20N2S/c1-15(2,3)12-6-4-11(5-7-12)14-13(8-9-16)18-10-17-14/h4-7,10H,8-9,16H2,1-3H3. The lowest BCUT2D eigenvalue weighted by molar-refractivity contribution is 0.590. The van der Waals surface area contributed by atoms with Crippen LogP contribution < -0.4 is 5.73 Å². The van der Waals surface area contributed by atoms with Crippen LogP contribution in [0.15, 0.2) is 29.8 Å². The molecule has 0 fully saturated rings. The van der Waals surface area contributed by atoms with Crippen LogP contribution in [-0.2, 0) is 11.8 Å². The average molecular weight is 260 g/mol. The van der Waals surface area contributed by atoms with E-state index in [0.717, 1.165) is 12.1 Å². The van der Waals surface area contributed by atoms with E-state index in [1.807, 2.05) is 5.51 Å². The summed E-state index contributed by atoms with van der Waals surface area (Å²) >= 11 is 1.69. The summed E-state index contributed by atoms with van der Waals surface area (Å²) in [6.07, 6.45) is 0.904. The molecule has 0 saturated heterocycles. The van der Waals surface area contributed by atoms with Gasteiger partial charge in [-0.2, -0.15) is 0 Å². The van der Waals surface area contributed by atoms with Crippen LogP contribution in [0.1, 0.15) is 31.2 Å². The van der Waals surface area contributed by atoms with Crippen LogP contribution in [0.5, 0.6) is 0 Å². The lowest BCUT2D eigenvalue weighted by atomic mass is 9.86. The van der Waals surface area contributed by atoms with Crippen LogP contribution >= 0.6 is 11.3 Å². The molecular formula is C15H20N2S. The minimum absolute atomic E-state index is 0.195. The summed E-state index contributed by atoms with van der Waals surface area (Å²) in [5, 5.41) is 0. The van der Waals surface area contributed by atoms with Gasteiger partial charge in [0.05, 0.1) is 11.2 Å². The Morgan fingerprint density at radius 3 is 2.39 bits per heavy atom. The Morgan fingerprint density at radius 2 is 1.83 bits per heavy atom. The molecule has 0 bridgehead atoms. The first-order chi connectivity index (χ1) is 8.52. The zero-order valence-electron chi connectivity index (χ0n) is 11.2. The van der Waals surface area contributed by atoms with Gasteiger partial charge in [-0.05, 0) is 23.9 Å². The van der Waals surface area contributed by atoms with E-state index < -0.39 is 0 Å². The second-order valence-corrected chi connectivity index (χ2v) is 6.43. The van der Waals surface area contributed by atoms with Gasteiger partial charge in [-0.1, -0.05) is 45.0 Å². The van der Waals surface area contributed by atoms with Gasteiger partial charge in [-0.15, -0.1) is 11.3 Å². The minimum atomic E-state index is 0.195. The van der Waals surface area contributed by atoms with Gasteiger partial charge in [0.25, 0.3) is 0 Å². The van der Waals surface area contributed by atoms with E-state index in [4.69, 9.17) is 5.73 Å². The number of benzene rings is 1. The molecule has 0 aliphatic carbocycles. The second kappa shape index (κ2) is 5.21. The Morgan fingerprint density at radius 1 is 1.17 bits per heavy atom. The van der Waals surface area contributed by atoms with Gasteiger partial charge in [0, 0.05) is 10.4 Å². The zero-order valence-corrected chi connectivity index (χ0v) is 12.1. The lowest BCUT2D eigenvalue weighted by Crippen LogP contribution is -2.10. The zero-order chi connectivity index (χ0) is 13.2. The Labute approximate surface area is 113 Å². The highest BCUT2D eigenvalue weighted by Gasteiger charge is 2.14. The van der Waals surface area contributed by atoms with Gasteiger partial charge in [0.15, 0.2) is 0 Å². The van der Waals surface area contributed by atoms with E-state index in [2.05, 4.69) is 50.0 Å². The molecule has 2 rings (SSSR count). The van der Waals surface area contributed by atoms with Crippen molar-refractivity contribution in [1.29, 1.82) is 0 Å². The number of nitrogens with two attached hydrogens (primary N) is 1. The normalized spacial score (nSPS) is 11.8. The van der Waals surface area contributed by atoms with E-state index in [-0.39, 0.29) is 5.41 Å². The lowest BCUT2D eigenvalue weighted by Gasteiger charge is -2.19. The van der Waals surface area contributed by atoms with E-state index in [1.54, 1.807) is 11.3 Å². The van der Waals surface area contributed by atoms with Gasteiger partial charge in [0.2, 0.25) is 0 Å². The molecule has 1 aromatic heterocycles. The molecule has 0 amide bonds. The molecule has 3 heteroatoms. The summed E-state index contributed by atoms with van der Waals surface area (Å²) < 4.78 is 0. The molecule has 2 aromatic rings. The van der Waals surface area contributed by atoms with Crippen molar-refractivity contribution in [2.45, 2.75) is 32.6 Å². The molecule has 2 nitrogen and oxygen atoms in total. The fourth-order valence-corrected chi connectivity index (χ4v) is 2.75. The molecule has 0 aliphatic rings. The van der Waals surface area contributed by atoms with Crippen LogP contribution in [0.4, 0.5) is 0 Å². The third-order valence-electron chi connectivity index (χ3n) is 3.04. The third-order valence-corrected chi connectivity index (χ3v) is 3.93. The van der Waals surface area contributed by atoms with E-state index >= 15 is 0 Å². The number of aromatic nitrogens is 1. The number of nitrogens with zero attached hydrogens (tertiary/aromatic N) is 1. The van der Waals surface area contributed by atoms with E-state index in [0.29, 0.717) is 6.54 Å². The maximum absolute atomic E-state index is 5.63. The van der Waals surface area contributed by atoms with Crippen LogP contribution in [-0.4, -0.2) is 11.5 Å². The second-order valence-electron chi connectivity index (χ2n) is 5.49. The highest BCUT2D eigenvalue weighted by molar-refractivity contribution is 7.10. The number of hydrogen-bond acceptors (Lipinski definition) is 3. The monoisotopic (exact) mass is 260 g/mol. The van der Waals surface area contributed by atoms with Gasteiger partial charge < -0.3 is 5.73 Å². The topological polar surface area (TPSA) is 38.9 Å². The highest BCUT2D eigenvalue weighted by Crippen LogP contribution is 2.28. The van der Waals surface area contributed by atoms with Crippen molar-refractivity contribution in [1.82, 2.24) is 4.98 Å². The predicted molar refractivity (Wildman–Crippen MR) is 79.0 cm³/mol. The van der Waals surface area contributed by atoms with Crippen molar-refractivity contribution in [3.05, 3.63) is 40.2 Å². The first-order valence-corrected chi connectivity index (χ1v) is 7.13. The molecule has 0 aliphatic heterocycles. The Bertz CT molecular complexity index is 506. The summed E-state index contributed by atoms with van der Waals surface area (Å²) in [6.45, 7) is 7.36. The molecule has 2 N–H and O–H groups in total. The van der Waals surface area contributed by atoms with Crippen LogP contribution in [0.2, 0.25) is 0 Å². The number of thiazole rings is 1. The molecular weight excluding hydrogens is 240 g/mol. The van der Waals surface area contributed by atoms with Crippen LogP contribution in [0, 0.1) is 0 Å². The molecule has 0 spiro atoms. The van der Waals surface area contributed by atoms with Crippen LogP contribution in [0.25, 0.3) is 11.3 Å². The fraction of sp³-hybridized carbons (Fsp3) is 0.400. The van der Waals surface area contributed by atoms with Gasteiger partial charge in [-0.3, -0.25) is 0 Å². The molecule has 0 radical (unpaired) electrons. The summed E-state index contributed by atoms with van der Waals surface area (Å²) in [7, 11) is 0. The molecule has 1 aromatic carbocycles. The molecule has 1 heterocycles. The molecule has 18 heavy (non-hydrogen) atoms. The third kappa shape index (κ3) is 2.79. The average Bonchev–Trinajstić information content (AvgIpc) is 2.77. The maximum atomic E-state index is 5.63.